The topological polar surface area (TPSA) is 180 Å². The molecule has 1 aromatic rings. The predicted molar refractivity (Wildman–Crippen MR) is 189 cm³/mol. The van der Waals surface area contributed by atoms with E-state index in [2.05, 4.69) is 10.2 Å². The fourth-order valence-corrected chi connectivity index (χ4v) is 7.39. The number of methoxy groups -OCH3 is 1. The number of hydrogen-bond acceptors (Lipinski definition) is 13. The van der Waals surface area contributed by atoms with Crippen LogP contribution in [-0.2, 0) is 28.5 Å². The third kappa shape index (κ3) is 9.17. The predicted octanol–water partition coefficient (Wildman–Crippen LogP) is 3.33. The molecule has 0 aliphatic carbocycles. The molecule has 0 amide bonds. The lowest BCUT2D eigenvalue weighted by molar-refractivity contribution is -0.295. The number of carbonyl (C=O) groups is 2. The van der Waals surface area contributed by atoms with Crippen LogP contribution in [0.5, 0.6) is 5.75 Å². The van der Waals surface area contributed by atoms with Gasteiger partial charge in [0, 0.05) is 36.3 Å². The lowest BCUT2D eigenvalue weighted by Gasteiger charge is -2.47. The number of aromatic hydroxyl groups is 1. The Hall–Kier alpha value is -2.78. The highest BCUT2D eigenvalue weighted by molar-refractivity contribution is 6.00. The van der Waals surface area contributed by atoms with Gasteiger partial charge < -0.3 is 44.3 Å². The first-order chi connectivity index (χ1) is 23.3. The van der Waals surface area contributed by atoms with Gasteiger partial charge in [0.2, 0.25) is 0 Å². The molecule has 2 fully saturated rings. The maximum absolute atomic E-state index is 14.1. The van der Waals surface area contributed by atoms with Crippen LogP contribution in [0.3, 0.4) is 0 Å². The normalized spacial score (nSPS) is 40.6. The summed E-state index contributed by atoms with van der Waals surface area (Å²) in [5.74, 6) is -4.84. The molecule has 2 heterocycles. The zero-order valence-electron chi connectivity index (χ0n) is 31.4. The molecule has 2 aliphatic heterocycles. The molecule has 0 spiro atoms. The minimum absolute atomic E-state index is 0.0110. The minimum atomic E-state index is -1.94. The molecule has 0 bridgehead atoms. The number of phenols is 1. The van der Waals surface area contributed by atoms with Crippen molar-refractivity contribution in [1.29, 1.82) is 0 Å². The van der Waals surface area contributed by atoms with Crippen LogP contribution in [0.4, 0.5) is 0 Å². The largest absolute Gasteiger partial charge is 0.507 e. The Labute approximate surface area is 296 Å². The zero-order valence-corrected chi connectivity index (χ0v) is 31.4. The number of cyclic esters (lactones) is 1. The minimum Gasteiger partial charge on any atom is -0.507 e. The van der Waals surface area contributed by atoms with E-state index in [1.165, 1.54) is 33.2 Å². The fourth-order valence-electron chi connectivity index (χ4n) is 7.39. The van der Waals surface area contributed by atoms with Crippen molar-refractivity contribution in [3.8, 4) is 5.75 Å². The van der Waals surface area contributed by atoms with Crippen LogP contribution in [0.15, 0.2) is 34.5 Å². The number of Topliss-reactive ketones (excluding diaryl/α,β-unsaturated/α-hetero) is 1. The molecule has 50 heavy (non-hydrogen) atoms. The second-order valence-electron chi connectivity index (χ2n) is 14.8. The molecule has 282 valence electrons. The van der Waals surface area contributed by atoms with Gasteiger partial charge in [0.1, 0.15) is 29.5 Å². The van der Waals surface area contributed by atoms with E-state index in [1.54, 1.807) is 45.9 Å². The molecular weight excluding hydrogens is 646 g/mol. The average molecular weight is 706 g/mol. The summed E-state index contributed by atoms with van der Waals surface area (Å²) in [5.41, 5.74) is -2.38. The Morgan fingerprint density at radius 3 is 2.28 bits per heavy atom. The number of likely N-dealkylation sites (N-methyl/N-ethyl adjacent to an activating group) is 1. The number of carbonyl (C=O) groups excluding carboxylic acids is 2. The van der Waals surface area contributed by atoms with Crippen LogP contribution < -0.4 is 0 Å². The van der Waals surface area contributed by atoms with Crippen molar-refractivity contribution in [2.24, 2.45) is 33.9 Å². The summed E-state index contributed by atoms with van der Waals surface area (Å²) < 4.78 is 24.6. The van der Waals surface area contributed by atoms with Crippen LogP contribution in [0, 0.1) is 23.7 Å². The number of para-hydroxylation sites is 1. The number of ketones is 1. The quantitative estimate of drug-likeness (QED) is 0.142. The highest BCUT2D eigenvalue weighted by atomic mass is 16.7. The molecule has 13 atom stereocenters. The van der Waals surface area contributed by atoms with Crippen molar-refractivity contribution in [1.82, 2.24) is 4.90 Å². The molecule has 4 N–H and O–H groups in total. The summed E-state index contributed by atoms with van der Waals surface area (Å²) in [4.78, 5) is 29.5. The number of phenolic OH excluding ortho intramolecular Hbond substituents is 1. The number of hydrogen-bond donors (Lipinski definition) is 4. The van der Waals surface area contributed by atoms with Gasteiger partial charge in [0.25, 0.3) is 0 Å². The third-order valence-electron chi connectivity index (χ3n) is 10.7. The van der Waals surface area contributed by atoms with E-state index in [4.69, 9.17) is 18.9 Å². The lowest BCUT2D eigenvalue weighted by Crippen LogP contribution is -2.60. The number of benzene rings is 1. The summed E-state index contributed by atoms with van der Waals surface area (Å²) in [6, 6.07) is 6.35. The number of nitrogens with zero attached hydrogens (tertiary/aromatic N) is 3. The first kappa shape index (κ1) is 41.6. The molecule has 13 nitrogen and oxygen atoms in total. The monoisotopic (exact) mass is 705 g/mol. The number of aliphatic hydroxyl groups excluding tert-OH is 2. The van der Waals surface area contributed by atoms with E-state index < -0.39 is 77.3 Å². The van der Waals surface area contributed by atoms with Gasteiger partial charge in [0.05, 0.1) is 30.1 Å². The molecule has 2 aliphatic rings. The van der Waals surface area contributed by atoms with Crippen LogP contribution in [0.2, 0.25) is 0 Å². The second kappa shape index (κ2) is 17.2. The van der Waals surface area contributed by atoms with Crippen LogP contribution in [0.1, 0.15) is 80.2 Å². The van der Waals surface area contributed by atoms with Crippen LogP contribution in [-0.4, -0.2) is 124 Å². The Morgan fingerprint density at radius 2 is 1.70 bits per heavy atom. The van der Waals surface area contributed by atoms with Gasteiger partial charge in [-0.1, -0.05) is 39.8 Å². The van der Waals surface area contributed by atoms with Crippen molar-refractivity contribution in [3.63, 3.8) is 0 Å². The molecule has 13 heteroatoms. The summed E-state index contributed by atoms with van der Waals surface area (Å²) >= 11 is 0. The highest BCUT2D eigenvalue weighted by Gasteiger charge is 2.51. The summed E-state index contributed by atoms with van der Waals surface area (Å²) in [6.45, 7) is 13.4. The molecule has 13 unspecified atom stereocenters. The van der Waals surface area contributed by atoms with E-state index in [0.29, 0.717) is 17.7 Å². The van der Waals surface area contributed by atoms with Gasteiger partial charge in [-0.05, 0) is 79.1 Å². The molecular formula is C37H59N3O10. The average Bonchev–Trinajstić information content (AvgIpc) is 3.07. The van der Waals surface area contributed by atoms with Crippen molar-refractivity contribution in [2.75, 3.05) is 21.2 Å². The first-order valence-corrected chi connectivity index (χ1v) is 17.5. The lowest BCUT2D eigenvalue weighted by atomic mass is 9.74. The Kier molecular flexibility index (Phi) is 14.3. The second-order valence-corrected chi connectivity index (χ2v) is 14.8. The summed E-state index contributed by atoms with van der Waals surface area (Å²) in [6.07, 6.45) is -3.81. The van der Waals surface area contributed by atoms with Gasteiger partial charge in [-0.3, -0.25) is 9.59 Å². The van der Waals surface area contributed by atoms with Crippen molar-refractivity contribution in [3.05, 3.63) is 29.8 Å². The summed E-state index contributed by atoms with van der Waals surface area (Å²) in [5, 5.41) is 53.9. The van der Waals surface area contributed by atoms with Crippen LogP contribution >= 0.6 is 0 Å². The number of aliphatic hydroxyl groups is 3. The maximum atomic E-state index is 14.1. The van der Waals surface area contributed by atoms with Gasteiger partial charge in [-0.2, -0.15) is 10.2 Å². The molecule has 0 saturated carbocycles. The van der Waals surface area contributed by atoms with E-state index >= 15 is 0 Å². The third-order valence-corrected chi connectivity index (χ3v) is 10.7. The van der Waals surface area contributed by atoms with Crippen molar-refractivity contribution in [2.45, 2.75) is 129 Å². The van der Waals surface area contributed by atoms with Crippen molar-refractivity contribution >= 4 is 23.7 Å². The van der Waals surface area contributed by atoms with Gasteiger partial charge in [-0.25, -0.2) is 0 Å². The van der Waals surface area contributed by atoms with Gasteiger partial charge in [0.15, 0.2) is 12.1 Å². The SMILES string of the molecule is CCC1OC(=O)C(C)C(=O)C(C)C(OC2OC(C)CC(N(C)C)C2O)C(C)(OC)CC(C)C(=NN=Cc2ccccc2O)C(C)C(O)C1(C)O. The van der Waals surface area contributed by atoms with Gasteiger partial charge >= 0.3 is 5.97 Å². The van der Waals surface area contributed by atoms with Gasteiger partial charge in [-0.15, -0.1) is 0 Å². The molecule has 1 aromatic carbocycles. The maximum Gasteiger partial charge on any atom is 0.316 e. The molecule has 3 rings (SSSR count). The number of rotatable bonds is 7. The fraction of sp³-hybridized carbons (Fsp3) is 0.730. The first-order valence-electron chi connectivity index (χ1n) is 17.5. The molecule has 0 radical (unpaired) electrons. The zero-order chi connectivity index (χ0) is 37.7. The Bertz CT molecular complexity index is 1370. The van der Waals surface area contributed by atoms with E-state index in [1.807, 2.05) is 32.8 Å². The molecule has 0 aromatic heterocycles. The molecule has 2 saturated heterocycles. The summed E-state index contributed by atoms with van der Waals surface area (Å²) in [7, 11) is 5.22. The number of esters is 1. The smallest absolute Gasteiger partial charge is 0.316 e. The highest BCUT2D eigenvalue weighted by Crippen LogP contribution is 2.38. The number of ether oxygens (including phenoxy) is 4. The van der Waals surface area contributed by atoms with E-state index in [-0.39, 0.29) is 30.7 Å². The van der Waals surface area contributed by atoms with E-state index in [0.717, 1.165) is 0 Å². The van der Waals surface area contributed by atoms with E-state index in [9.17, 15) is 30.0 Å². The van der Waals surface area contributed by atoms with Crippen LogP contribution in [0.25, 0.3) is 0 Å². The standard InChI is InChI=1S/C37H59N3O10/c1-12-28-37(8,46)32(44)22(4)29(39-38-19-25-15-13-14-16-27(25)41)20(2)18-36(7,47-11)33(23(5)30(42)24(6)34(45)49-28)50-35-31(43)26(40(9)10)17-21(3)48-35/h13-16,19-24,26,28,31-33,35,41,43-44,46H,12,17-18H2,1-11H3. The Morgan fingerprint density at radius 1 is 1.06 bits per heavy atom. The Balaban J connectivity index is 2.19. The van der Waals surface area contributed by atoms with Crippen molar-refractivity contribution < 1.29 is 49.0 Å².